The van der Waals surface area contributed by atoms with E-state index in [-0.39, 0.29) is 11.8 Å². The number of aromatic nitrogens is 1. The van der Waals surface area contributed by atoms with Crippen molar-refractivity contribution in [1.82, 2.24) is 15.2 Å². The molecule has 0 saturated carbocycles. The standard InChI is InChI=1S/C22H28N4O3/c1-3-4-9-24-21(27)17-14-18(16-23-15-17)22(28)26-12-10-25(11-13-26)19-7-5-6-8-20(19)29-2/h5-8,14-16H,3-4,9-13H2,1-2H3,(H,24,27). The third kappa shape index (κ3) is 5.04. The minimum atomic E-state index is -0.193. The molecule has 0 unspecified atom stereocenters. The second-order valence-corrected chi connectivity index (χ2v) is 7.02. The largest absolute Gasteiger partial charge is 0.495 e. The third-order valence-electron chi connectivity index (χ3n) is 5.06. The lowest BCUT2D eigenvalue weighted by molar-refractivity contribution is 0.0746. The highest BCUT2D eigenvalue weighted by Crippen LogP contribution is 2.28. The summed E-state index contributed by atoms with van der Waals surface area (Å²) in [5, 5.41) is 2.86. The van der Waals surface area contributed by atoms with Crippen LogP contribution in [0.15, 0.2) is 42.7 Å². The normalized spacial score (nSPS) is 13.9. The molecule has 7 heteroatoms. The fourth-order valence-corrected chi connectivity index (χ4v) is 3.39. The van der Waals surface area contributed by atoms with Crippen LogP contribution in [0.4, 0.5) is 5.69 Å². The number of hydrogen-bond acceptors (Lipinski definition) is 5. The van der Waals surface area contributed by atoms with Gasteiger partial charge in [0.1, 0.15) is 5.75 Å². The molecule has 1 aromatic carbocycles. The minimum Gasteiger partial charge on any atom is -0.495 e. The molecule has 1 aliphatic heterocycles. The van der Waals surface area contributed by atoms with Crippen molar-refractivity contribution in [3.05, 3.63) is 53.9 Å². The van der Waals surface area contributed by atoms with Crippen molar-refractivity contribution >= 4 is 17.5 Å². The first-order chi connectivity index (χ1) is 14.1. The molecular formula is C22H28N4O3. The van der Waals surface area contributed by atoms with Gasteiger partial charge >= 0.3 is 0 Å². The maximum absolute atomic E-state index is 12.9. The summed E-state index contributed by atoms with van der Waals surface area (Å²) in [5.41, 5.74) is 1.90. The van der Waals surface area contributed by atoms with Crippen LogP contribution in [0.2, 0.25) is 0 Å². The summed E-state index contributed by atoms with van der Waals surface area (Å²) in [7, 11) is 1.66. The molecule has 2 heterocycles. The van der Waals surface area contributed by atoms with Crippen molar-refractivity contribution in [3.63, 3.8) is 0 Å². The maximum atomic E-state index is 12.9. The number of nitrogens with one attached hydrogen (secondary N) is 1. The molecule has 1 N–H and O–H groups in total. The number of pyridine rings is 1. The average Bonchev–Trinajstić information content (AvgIpc) is 2.79. The fraction of sp³-hybridized carbons (Fsp3) is 0.409. The number of amides is 2. The van der Waals surface area contributed by atoms with Crippen LogP contribution in [0, 0.1) is 0 Å². The Morgan fingerprint density at radius 3 is 2.55 bits per heavy atom. The van der Waals surface area contributed by atoms with Crippen LogP contribution in [0.25, 0.3) is 0 Å². The summed E-state index contributed by atoms with van der Waals surface area (Å²) in [4.78, 5) is 33.3. The molecule has 1 aliphatic rings. The number of carbonyl (C=O) groups is 2. The highest BCUT2D eigenvalue weighted by Gasteiger charge is 2.24. The highest BCUT2D eigenvalue weighted by atomic mass is 16.5. The number of hydrogen-bond donors (Lipinski definition) is 1. The van der Waals surface area contributed by atoms with Gasteiger partial charge in [-0.05, 0) is 24.6 Å². The van der Waals surface area contributed by atoms with E-state index in [2.05, 4.69) is 22.1 Å². The van der Waals surface area contributed by atoms with Crippen LogP contribution in [-0.4, -0.2) is 61.5 Å². The number of rotatable bonds is 7. The predicted molar refractivity (Wildman–Crippen MR) is 113 cm³/mol. The number of anilines is 1. The van der Waals surface area contributed by atoms with Crippen molar-refractivity contribution in [3.8, 4) is 5.75 Å². The Morgan fingerprint density at radius 1 is 1.10 bits per heavy atom. The first-order valence-electron chi connectivity index (χ1n) is 10.0. The molecule has 0 aliphatic carbocycles. The average molecular weight is 396 g/mol. The van der Waals surface area contributed by atoms with Crippen molar-refractivity contribution in [2.24, 2.45) is 0 Å². The van der Waals surface area contributed by atoms with Gasteiger partial charge in [0.15, 0.2) is 0 Å². The summed E-state index contributed by atoms with van der Waals surface area (Å²) in [6, 6.07) is 9.53. The number of piperazine rings is 1. The molecule has 1 saturated heterocycles. The SMILES string of the molecule is CCCCNC(=O)c1cncc(C(=O)N2CCN(c3ccccc3OC)CC2)c1. The minimum absolute atomic E-state index is 0.0969. The lowest BCUT2D eigenvalue weighted by atomic mass is 10.1. The molecule has 0 spiro atoms. The second kappa shape index (κ2) is 9.91. The van der Waals surface area contributed by atoms with Gasteiger partial charge in [-0.2, -0.15) is 0 Å². The van der Waals surface area contributed by atoms with Crippen molar-refractivity contribution in [2.45, 2.75) is 19.8 Å². The number of methoxy groups -OCH3 is 1. The third-order valence-corrected chi connectivity index (χ3v) is 5.06. The van der Waals surface area contributed by atoms with E-state index in [1.54, 1.807) is 13.2 Å². The first kappa shape index (κ1) is 20.6. The molecule has 2 amide bonds. The zero-order chi connectivity index (χ0) is 20.6. The van der Waals surface area contributed by atoms with E-state index in [0.717, 1.165) is 37.4 Å². The molecule has 2 aromatic rings. The van der Waals surface area contributed by atoms with Crippen LogP contribution in [0.3, 0.4) is 0 Å². The van der Waals surface area contributed by atoms with Gasteiger partial charge in [-0.1, -0.05) is 25.5 Å². The van der Waals surface area contributed by atoms with Crippen LogP contribution >= 0.6 is 0 Å². The topological polar surface area (TPSA) is 74.8 Å². The predicted octanol–water partition coefficient (Wildman–Crippen LogP) is 2.58. The molecule has 29 heavy (non-hydrogen) atoms. The fourth-order valence-electron chi connectivity index (χ4n) is 3.39. The van der Waals surface area contributed by atoms with E-state index in [1.807, 2.05) is 29.2 Å². The number of benzene rings is 1. The summed E-state index contributed by atoms with van der Waals surface area (Å²) in [6.07, 6.45) is 4.96. The van der Waals surface area contributed by atoms with Crippen LogP contribution in [0.1, 0.15) is 40.5 Å². The number of carbonyl (C=O) groups excluding carboxylic acids is 2. The van der Waals surface area contributed by atoms with Gasteiger partial charge in [-0.15, -0.1) is 0 Å². The molecule has 7 nitrogen and oxygen atoms in total. The van der Waals surface area contributed by atoms with E-state index in [1.165, 1.54) is 12.4 Å². The number of ether oxygens (including phenoxy) is 1. The van der Waals surface area contributed by atoms with E-state index in [0.29, 0.717) is 30.8 Å². The zero-order valence-corrected chi connectivity index (χ0v) is 17.1. The molecule has 0 bridgehead atoms. The summed E-state index contributed by atoms with van der Waals surface area (Å²) < 4.78 is 5.44. The second-order valence-electron chi connectivity index (χ2n) is 7.02. The first-order valence-corrected chi connectivity index (χ1v) is 10.0. The Hall–Kier alpha value is -3.09. The molecule has 1 aromatic heterocycles. The Bertz CT molecular complexity index is 847. The summed E-state index contributed by atoms with van der Waals surface area (Å²) in [6.45, 7) is 5.33. The van der Waals surface area contributed by atoms with E-state index in [9.17, 15) is 9.59 Å². The van der Waals surface area contributed by atoms with E-state index < -0.39 is 0 Å². The van der Waals surface area contributed by atoms with Gasteiger partial charge in [-0.3, -0.25) is 14.6 Å². The van der Waals surface area contributed by atoms with Crippen molar-refractivity contribution in [2.75, 3.05) is 44.7 Å². The zero-order valence-electron chi connectivity index (χ0n) is 17.1. The number of nitrogens with zero attached hydrogens (tertiary/aromatic N) is 3. The van der Waals surface area contributed by atoms with Gasteiger partial charge in [0.25, 0.3) is 11.8 Å². The quantitative estimate of drug-likeness (QED) is 0.728. The van der Waals surface area contributed by atoms with Gasteiger partial charge in [0.05, 0.1) is 23.9 Å². The summed E-state index contributed by atoms with van der Waals surface area (Å²) >= 11 is 0. The Morgan fingerprint density at radius 2 is 1.83 bits per heavy atom. The van der Waals surface area contributed by atoms with E-state index in [4.69, 9.17) is 4.74 Å². The molecular weight excluding hydrogens is 368 g/mol. The Kier molecular flexibility index (Phi) is 7.05. The highest BCUT2D eigenvalue weighted by molar-refractivity contribution is 5.99. The maximum Gasteiger partial charge on any atom is 0.255 e. The van der Waals surface area contributed by atoms with Crippen molar-refractivity contribution in [1.29, 1.82) is 0 Å². The lowest BCUT2D eigenvalue weighted by Crippen LogP contribution is -2.49. The molecule has 154 valence electrons. The molecule has 3 rings (SSSR count). The van der Waals surface area contributed by atoms with E-state index >= 15 is 0 Å². The monoisotopic (exact) mass is 396 g/mol. The smallest absolute Gasteiger partial charge is 0.255 e. The number of unbranched alkanes of at least 4 members (excludes halogenated alkanes) is 1. The van der Waals surface area contributed by atoms with Crippen LogP contribution in [-0.2, 0) is 0 Å². The van der Waals surface area contributed by atoms with Gasteiger partial charge in [-0.25, -0.2) is 0 Å². The molecule has 1 fully saturated rings. The molecule has 0 atom stereocenters. The van der Waals surface area contributed by atoms with Crippen molar-refractivity contribution < 1.29 is 14.3 Å². The van der Waals surface area contributed by atoms with Gasteiger partial charge in [0, 0.05) is 45.1 Å². The summed E-state index contributed by atoms with van der Waals surface area (Å²) in [5.74, 6) is 0.542. The Labute approximate surface area is 171 Å². The number of para-hydroxylation sites is 2. The Balaban J connectivity index is 1.62. The molecule has 0 radical (unpaired) electrons. The lowest BCUT2D eigenvalue weighted by Gasteiger charge is -2.36. The van der Waals surface area contributed by atoms with Gasteiger partial charge in [0.2, 0.25) is 0 Å². The van der Waals surface area contributed by atoms with Gasteiger partial charge < -0.3 is 19.9 Å². The van der Waals surface area contributed by atoms with Crippen LogP contribution < -0.4 is 15.0 Å². The van der Waals surface area contributed by atoms with Crippen LogP contribution in [0.5, 0.6) is 5.75 Å².